The fourth-order valence-electron chi connectivity index (χ4n) is 3.78. The Balaban J connectivity index is 1.57. The van der Waals surface area contributed by atoms with Crippen LogP contribution in [0.25, 0.3) is 10.2 Å². The molecule has 2 fully saturated rings. The summed E-state index contributed by atoms with van der Waals surface area (Å²) in [4.78, 5) is 18.8. The molecule has 2 atom stereocenters. The third kappa shape index (κ3) is 2.07. The first kappa shape index (κ1) is 14.2. The van der Waals surface area contributed by atoms with E-state index in [-0.39, 0.29) is 11.8 Å². The lowest BCUT2D eigenvalue weighted by Gasteiger charge is -2.41. The van der Waals surface area contributed by atoms with E-state index in [1.54, 1.807) is 16.8 Å². The Kier molecular flexibility index (Phi) is 3.24. The highest BCUT2D eigenvalue weighted by atomic mass is 32.1. The SMILES string of the molecule is C[C@H]1CN(C(=O)c2ccc3ncsc3c2)C[C@]1(O)C1CCC1. The second kappa shape index (κ2) is 5.03. The Morgan fingerprint density at radius 2 is 2.27 bits per heavy atom. The number of nitrogens with zero attached hydrogens (tertiary/aromatic N) is 2. The van der Waals surface area contributed by atoms with Gasteiger partial charge in [-0.15, -0.1) is 11.3 Å². The zero-order valence-electron chi connectivity index (χ0n) is 12.7. The molecule has 1 aromatic carbocycles. The summed E-state index contributed by atoms with van der Waals surface area (Å²) in [6.45, 7) is 3.18. The molecule has 4 rings (SSSR count). The summed E-state index contributed by atoms with van der Waals surface area (Å²) in [7, 11) is 0. The summed E-state index contributed by atoms with van der Waals surface area (Å²) >= 11 is 1.55. The number of rotatable bonds is 2. The molecule has 0 bridgehead atoms. The highest BCUT2D eigenvalue weighted by Gasteiger charge is 2.51. The summed E-state index contributed by atoms with van der Waals surface area (Å²) in [6, 6.07) is 5.66. The summed E-state index contributed by atoms with van der Waals surface area (Å²) in [5.74, 6) is 0.538. The summed E-state index contributed by atoms with van der Waals surface area (Å²) in [6.07, 6.45) is 3.39. The fraction of sp³-hybridized carbons (Fsp3) is 0.529. The molecule has 1 amide bonds. The third-order valence-corrected chi connectivity index (χ3v) is 6.26. The van der Waals surface area contributed by atoms with Crippen molar-refractivity contribution in [3.8, 4) is 0 Å². The number of likely N-dealkylation sites (tertiary alicyclic amines) is 1. The largest absolute Gasteiger partial charge is 0.387 e. The van der Waals surface area contributed by atoms with Crippen LogP contribution >= 0.6 is 11.3 Å². The van der Waals surface area contributed by atoms with Crippen molar-refractivity contribution >= 4 is 27.5 Å². The number of β-amino-alcohol motifs (C(OH)–C–C–N with tert-alkyl or cyclic N) is 1. The molecular formula is C17H20N2O2S. The molecule has 2 aliphatic rings. The molecule has 4 nitrogen and oxygen atoms in total. The van der Waals surface area contributed by atoms with Crippen LogP contribution in [0.4, 0.5) is 0 Å². The Bertz CT molecular complexity index is 724. The summed E-state index contributed by atoms with van der Waals surface area (Å²) < 4.78 is 1.03. The van der Waals surface area contributed by atoms with Gasteiger partial charge in [0.1, 0.15) is 0 Å². The first-order valence-corrected chi connectivity index (χ1v) is 8.81. The van der Waals surface area contributed by atoms with E-state index in [1.165, 1.54) is 6.42 Å². The van der Waals surface area contributed by atoms with Gasteiger partial charge in [-0.05, 0) is 37.0 Å². The summed E-state index contributed by atoms with van der Waals surface area (Å²) in [5, 5.41) is 11.0. The van der Waals surface area contributed by atoms with E-state index in [1.807, 2.05) is 23.1 Å². The molecule has 1 N–H and O–H groups in total. The molecule has 2 aromatic rings. The molecule has 5 heteroatoms. The topological polar surface area (TPSA) is 53.4 Å². The minimum Gasteiger partial charge on any atom is -0.387 e. The molecule has 0 spiro atoms. The maximum absolute atomic E-state index is 12.8. The minimum absolute atomic E-state index is 0.0254. The Hall–Kier alpha value is -1.46. The van der Waals surface area contributed by atoms with E-state index in [9.17, 15) is 9.90 Å². The van der Waals surface area contributed by atoms with E-state index < -0.39 is 5.60 Å². The normalized spacial score (nSPS) is 29.0. The number of carbonyl (C=O) groups excluding carboxylic acids is 1. The van der Waals surface area contributed by atoms with Gasteiger partial charge in [-0.2, -0.15) is 0 Å². The molecule has 0 radical (unpaired) electrons. The van der Waals surface area contributed by atoms with Crippen molar-refractivity contribution < 1.29 is 9.90 Å². The number of carbonyl (C=O) groups is 1. The average molecular weight is 316 g/mol. The van der Waals surface area contributed by atoms with Gasteiger partial charge in [0, 0.05) is 18.0 Å². The lowest BCUT2D eigenvalue weighted by molar-refractivity contribution is -0.0660. The zero-order valence-corrected chi connectivity index (χ0v) is 13.5. The van der Waals surface area contributed by atoms with Crippen molar-refractivity contribution in [2.24, 2.45) is 11.8 Å². The second-order valence-electron chi connectivity index (χ2n) is 6.74. The Labute approximate surface area is 133 Å². The Morgan fingerprint density at radius 1 is 1.45 bits per heavy atom. The highest BCUT2D eigenvalue weighted by molar-refractivity contribution is 7.16. The van der Waals surface area contributed by atoms with Gasteiger partial charge in [-0.25, -0.2) is 4.98 Å². The number of hydrogen-bond donors (Lipinski definition) is 1. The first-order chi connectivity index (χ1) is 10.6. The van der Waals surface area contributed by atoms with Gasteiger partial charge in [-0.3, -0.25) is 4.79 Å². The van der Waals surface area contributed by atoms with Crippen molar-refractivity contribution in [3.05, 3.63) is 29.3 Å². The number of amides is 1. The van der Waals surface area contributed by atoms with Crippen LogP contribution < -0.4 is 0 Å². The number of aromatic nitrogens is 1. The molecule has 1 saturated carbocycles. The monoisotopic (exact) mass is 316 g/mol. The number of thiazole rings is 1. The van der Waals surface area contributed by atoms with Gasteiger partial charge in [-0.1, -0.05) is 13.3 Å². The molecule has 0 unspecified atom stereocenters. The standard InChI is InChI=1S/C17H20N2O2S/c1-11-8-19(9-17(11,21)13-3-2-4-13)16(20)12-5-6-14-15(7-12)22-10-18-14/h5-7,10-11,13,21H,2-4,8-9H2,1H3/t11-,17+/m0/s1. The van der Waals surface area contributed by atoms with Crippen molar-refractivity contribution in [1.82, 2.24) is 9.88 Å². The molecule has 1 aliphatic carbocycles. The zero-order chi connectivity index (χ0) is 15.3. The predicted molar refractivity (Wildman–Crippen MR) is 87.0 cm³/mol. The van der Waals surface area contributed by atoms with Gasteiger partial charge >= 0.3 is 0 Å². The lowest BCUT2D eigenvalue weighted by atomic mass is 9.69. The van der Waals surface area contributed by atoms with Gasteiger partial charge in [0.2, 0.25) is 0 Å². The maximum Gasteiger partial charge on any atom is 0.254 e. The molecule has 1 aromatic heterocycles. The molecule has 22 heavy (non-hydrogen) atoms. The smallest absolute Gasteiger partial charge is 0.254 e. The van der Waals surface area contributed by atoms with Crippen molar-refractivity contribution in [2.75, 3.05) is 13.1 Å². The van der Waals surface area contributed by atoms with Crippen LogP contribution in [0.3, 0.4) is 0 Å². The van der Waals surface area contributed by atoms with Crippen molar-refractivity contribution in [2.45, 2.75) is 31.8 Å². The van der Waals surface area contributed by atoms with Crippen LogP contribution in [-0.2, 0) is 0 Å². The third-order valence-electron chi connectivity index (χ3n) is 5.47. The van der Waals surface area contributed by atoms with Gasteiger partial charge in [0.05, 0.1) is 27.9 Å². The molecule has 1 aliphatic heterocycles. The van der Waals surface area contributed by atoms with Gasteiger partial charge < -0.3 is 10.0 Å². The lowest BCUT2D eigenvalue weighted by Crippen LogP contribution is -2.48. The molecule has 2 heterocycles. The average Bonchev–Trinajstić information content (AvgIpc) is 3.01. The van der Waals surface area contributed by atoms with Crippen LogP contribution in [-0.4, -0.2) is 39.6 Å². The van der Waals surface area contributed by atoms with Crippen LogP contribution in [0.2, 0.25) is 0 Å². The summed E-state index contributed by atoms with van der Waals surface area (Å²) in [5.41, 5.74) is 2.73. The number of benzene rings is 1. The van der Waals surface area contributed by atoms with E-state index >= 15 is 0 Å². The number of fused-ring (bicyclic) bond motifs is 1. The fourth-order valence-corrected chi connectivity index (χ4v) is 4.50. The first-order valence-electron chi connectivity index (χ1n) is 7.93. The maximum atomic E-state index is 12.8. The number of hydrogen-bond acceptors (Lipinski definition) is 4. The minimum atomic E-state index is -0.692. The predicted octanol–water partition coefficient (Wildman–Crippen LogP) is 2.92. The van der Waals surface area contributed by atoms with E-state index in [0.717, 1.165) is 23.1 Å². The molecular weight excluding hydrogens is 296 g/mol. The molecule has 1 saturated heterocycles. The van der Waals surface area contributed by atoms with Crippen molar-refractivity contribution in [1.29, 1.82) is 0 Å². The number of aliphatic hydroxyl groups is 1. The van der Waals surface area contributed by atoms with Crippen LogP contribution in [0.5, 0.6) is 0 Å². The van der Waals surface area contributed by atoms with Gasteiger partial charge in [0.25, 0.3) is 5.91 Å². The van der Waals surface area contributed by atoms with Gasteiger partial charge in [0.15, 0.2) is 0 Å². The Morgan fingerprint density at radius 3 is 3.00 bits per heavy atom. The van der Waals surface area contributed by atoms with E-state index in [4.69, 9.17) is 0 Å². The quantitative estimate of drug-likeness (QED) is 0.927. The van der Waals surface area contributed by atoms with Crippen LogP contribution in [0, 0.1) is 11.8 Å². The van der Waals surface area contributed by atoms with Crippen LogP contribution in [0.1, 0.15) is 36.5 Å². The van der Waals surface area contributed by atoms with Crippen molar-refractivity contribution in [3.63, 3.8) is 0 Å². The van der Waals surface area contributed by atoms with E-state index in [2.05, 4.69) is 11.9 Å². The van der Waals surface area contributed by atoms with Crippen LogP contribution in [0.15, 0.2) is 23.7 Å². The highest BCUT2D eigenvalue weighted by Crippen LogP contribution is 2.44. The molecule has 116 valence electrons. The second-order valence-corrected chi connectivity index (χ2v) is 7.63. The van der Waals surface area contributed by atoms with E-state index in [0.29, 0.717) is 24.6 Å².